The summed E-state index contributed by atoms with van der Waals surface area (Å²) in [5.74, 6) is -0.758. The Morgan fingerprint density at radius 1 is 1.21 bits per heavy atom. The Bertz CT molecular complexity index is 726. The Labute approximate surface area is 165 Å². The van der Waals surface area contributed by atoms with Crippen LogP contribution in [0.5, 0.6) is 0 Å². The highest BCUT2D eigenvalue weighted by Crippen LogP contribution is 2.33. The number of alkyl halides is 3. The van der Waals surface area contributed by atoms with E-state index < -0.39 is 24.2 Å². The van der Waals surface area contributed by atoms with Gasteiger partial charge < -0.3 is 30.2 Å². The maximum atomic E-state index is 13.6. The van der Waals surface area contributed by atoms with E-state index in [0.29, 0.717) is 51.9 Å². The van der Waals surface area contributed by atoms with Crippen molar-refractivity contribution in [1.82, 2.24) is 10.2 Å². The number of ether oxygens (including phenoxy) is 3. The molecule has 0 amide bonds. The zero-order chi connectivity index (χ0) is 20.4. The van der Waals surface area contributed by atoms with E-state index in [2.05, 4.69) is 20.3 Å². The minimum absolute atomic E-state index is 0.179. The number of hydrogen-bond acceptors (Lipinski definition) is 9. The van der Waals surface area contributed by atoms with E-state index in [0.717, 1.165) is 0 Å². The van der Waals surface area contributed by atoms with Gasteiger partial charge in [-0.3, -0.25) is 0 Å². The topological polar surface area (TPSA) is 106 Å². The van der Waals surface area contributed by atoms with Crippen LogP contribution < -0.4 is 11.1 Å². The Balaban J connectivity index is 1.60. The lowest BCUT2D eigenvalue weighted by atomic mass is 9.91. The molecule has 9 nitrogen and oxygen atoms in total. The van der Waals surface area contributed by atoms with Gasteiger partial charge in [0.25, 0.3) is 0 Å². The zero-order valence-corrected chi connectivity index (χ0v) is 15.6. The average Bonchev–Trinajstić information content (AvgIpc) is 3.21. The van der Waals surface area contributed by atoms with Crippen LogP contribution in [-0.4, -0.2) is 86.9 Å². The number of hydrogen-bond donors (Lipinski definition) is 2. The van der Waals surface area contributed by atoms with Crippen molar-refractivity contribution in [2.24, 2.45) is 26.6 Å². The standard InChI is InChI=1S/C17H23F3N6O3/c18-17(19,20)14-11(8-22-15(21)25-14)12-7-13(29-10-1-4-28-9-10)24-16(23-12)26-2-5-27-6-3-26/h7-8,10-12,14H,1-6,9H2,(H2,21,25)(H,23,24). The van der Waals surface area contributed by atoms with Crippen molar-refractivity contribution in [3.05, 3.63) is 12.0 Å². The van der Waals surface area contributed by atoms with E-state index >= 15 is 0 Å². The normalized spacial score (nSPS) is 32.9. The van der Waals surface area contributed by atoms with Crippen LogP contribution in [0.15, 0.2) is 26.9 Å². The number of aliphatic imine (C=N–C) groups is 3. The molecule has 0 spiro atoms. The molecule has 0 aromatic heterocycles. The largest absolute Gasteiger partial charge is 0.472 e. The third-order valence-corrected chi connectivity index (χ3v) is 5.08. The second kappa shape index (κ2) is 8.19. The first-order valence-corrected chi connectivity index (χ1v) is 9.48. The average molecular weight is 416 g/mol. The molecule has 0 bridgehead atoms. The van der Waals surface area contributed by atoms with Crippen molar-refractivity contribution in [3.8, 4) is 0 Å². The predicted molar refractivity (Wildman–Crippen MR) is 98.6 cm³/mol. The molecule has 0 aromatic carbocycles. The lowest BCUT2D eigenvalue weighted by Crippen LogP contribution is -2.56. The fraction of sp³-hybridized carbons (Fsp3) is 0.706. The summed E-state index contributed by atoms with van der Waals surface area (Å²) in [5, 5.41) is 3.10. The first-order valence-electron chi connectivity index (χ1n) is 9.48. The van der Waals surface area contributed by atoms with Crippen LogP contribution in [0.1, 0.15) is 6.42 Å². The second-order valence-electron chi connectivity index (χ2n) is 7.14. The minimum atomic E-state index is -4.56. The maximum Gasteiger partial charge on any atom is 0.411 e. The van der Waals surface area contributed by atoms with Crippen molar-refractivity contribution in [3.63, 3.8) is 0 Å². The van der Waals surface area contributed by atoms with Crippen LogP contribution in [0.25, 0.3) is 0 Å². The molecule has 0 radical (unpaired) electrons. The minimum Gasteiger partial charge on any atom is -0.472 e. The van der Waals surface area contributed by atoms with Gasteiger partial charge in [0.2, 0.25) is 17.8 Å². The Kier molecular flexibility index (Phi) is 5.63. The van der Waals surface area contributed by atoms with Crippen molar-refractivity contribution < 1.29 is 27.4 Å². The number of nitrogens with one attached hydrogen (secondary N) is 1. The summed E-state index contributed by atoms with van der Waals surface area (Å²) in [7, 11) is 0. The van der Waals surface area contributed by atoms with Crippen molar-refractivity contribution in [2.45, 2.75) is 30.8 Å². The summed E-state index contributed by atoms with van der Waals surface area (Å²) in [5.41, 5.74) is 5.43. The monoisotopic (exact) mass is 416 g/mol. The maximum absolute atomic E-state index is 13.6. The number of nitrogens with zero attached hydrogens (tertiary/aromatic N) is 4. The van der Waals surface area contributed by atoms with E-state index in [4.69, 9.17) is 19.9 Å². The van der Waals surface area contributed by atoms with Gasteiger partial charge in [-0.15, -0.1) is 0 Å². The van der Waals surface area contributed by atoms with Gasteiger partial charge in [-0.25, -0.2) is 9.98 Å². The van der Waals surface area contributed by atoms with E-state index in [1.54, 1.807) is 6.08 Å². The predicted octanol–water partition coefficient (Wildman–Crippen LogP) is 0.240. The molecule has 4 atom stereocenters. The van der Waals surface area contributed by atoms with E-state index in [1.807, 2.05) is 4.90 Å². The van der Waals surface area contributed by atoms with Crippen molar-refractivity contribution >= 4 is 18.1 Å². The molecular formula is C17H23F3N6O3. The van der Waals surface area contributed by atoms with Crippen LogP contribution in [0, 0.1) is 5.92 Å². The molecule has 4 aliphatic heterocycles. The molecule has 0 saturated carbocycles. The zero-order valence-electron chi connectivity index (χ0n) is 15.6. The van der Waals surface area contributed by atoms with Gasteiger partial charge in [0, 0.05) is 31.8 Å². The van der Waals surface area contributed by atoms with Gasteiger partial charge in [0.05, 0.1) is 38.4 Å². The third kappa shape index (κ3) is 4.64. The molecule has 4 aliphatic rings. The molecule has 2 fully saturated rings. The highest BCUT2D eigenvalue weighted by atomic mass is 19.4. The van der Waals surface area contributed by atoms with Crippen molar-refractivity contribution in [2.75, 3.05) is 39.5 Å². The van der Waals surface area contributed by atoms with Gasteiger partial charge in [0.15, 0.2) is 6.04 Å². The highest BCUT2D eigenvalue weighted by molar-refractivity contribution is 5.90. The molecule has 160 valence electrons. The molecule has 12 heteroatoms. The van der Waals surface area contributed by atoms with Crippen LogP contribution >= 0.6 is 0 Å². The molecule has 3 N–H and O–H groups in total. The fourth-order valence-electron chi connectivity index (χ4n) is 3.59. The van der Waals surface area contributed by atoms with Gasteiger partial charge in [-0.1, -0.05) is 0 Å². The second-order valence-corrected chi connectivity index (χ2v) is 7.14. The molecular weight excluding hydrogens is 393 g/mol. The van der Waals surface area contributed by atoms with Gasteiger partial charge in [-0.2, -0.15) is 18.2 Å². The Hall–Kier alpha value is -2.34. The molecule has 4 rings (SSSR count). The summed E-state index contributed by atoms with van der Waals surface area (Å²) in [6.07, 6.45) is -1.29. The third-order valence-electron chi connectivity index (χ3n) is 5.08. The summed E-state index contributed by atoms with van der Waals surface area (Å²) in [4.78, 5) is 13.8. The molecule has 4 unspecified atom stereocenters. The quantitative estimate of drug-likeness (QED) is 0.683. The van der Waals surface area contributed by atoms with Gasteiger partial charge in [0.1, 0.15) is 6.10 Å². The van der Waals surface area contributed by atoms with E-state index in [9.17, 15) is 13.2 Å². The summed E-state index contributed by atoms with van der Waals surface area (Å²) in [6.45, 7) is 3.18. The summed E-state index contributed by atoms with van der Waals surface area (Å²) >= 11 is 0. The Morgan fingerprint density at radius 3 is 2.69 bits per heavy atom. The lowest BCUT2D eigenvalue weighted by Gasteiger charge is -2.37. The van der Waals surface area contributed by atoms with Gasteiger partial charge >= 0.3 is 6.18 Å². The summed E-state index contributed by atoms with van der Waals surface area (Å²) in [6, 6.07) is -2.77. The van der Waals surface area contributed by atoms with Gasteiger partial charge in [-0.05, 0) is 0 Å². The highest BCUT2D eigenvalue weighted by Gasteiger charge is 2.49. The van der Waals surface area contributed by atoms with E-state index in [-0.39, 0.29) is 17.9 Å². The van der Waals surface area contributed by atoms with Crippen LogP contribution in [-0.2, 0) is 14.2 Å². The smallest absolute Gasteiger partial charge is 0.411 e. The molecule has 4 heterocycles. The van der Waals surface area contributed by atoms with Crippen molar-refractivity contribution in [1.29, 1.82) is 0 Å². The van der Waals surface area contributed by atoms with E-state index in [1.165, 1.54) is 6.21 Å². The van der Waals surface area contributed by atoms with Crippen LogP contribution in [0.3, 0.4) is 0 Å². The number of guanidine groups is 2. The lowest BCUT2D eigenvalue weighted by molar-refractivity contribution is -0.154. The van der Waals surface area contributed by atoms with Crippen LogP contribution in [0.4, 0.5) is 13.2 Å². The number of rotatable bonds is 3. The number of morpholine rings is 1. The number of halogens is 3. The fourth-order valence-corrected chi connectivity index (χ4v) is 3.59. The molecule has 29 heavy (non-hydrogen) atoms. The SMILES string of the molecule is NC1=NC(C(F)(F)F)C(C2C=C(OC3CCOC3)N=C(N3CCOCC3)N2)C=N1. The molecule has 0 aromatic rings. The van der Waals surface area contributed by atoms with Crippen LogP contribution in [0.2, 0.25) is 0 Å². The Morgan fingerprint density at radius 2 is 2.00 bits per heavy atom. The first kappa shape index (κ1) is 20.0. The first-order chi connectivity index (χ1) is 13.9. The summed E-state index contributed by atoms with van der Waals surface area (Å²) < 4.78 is 57.4. The molecule has 2 saturated heterocycles. The molecule has 0 aliphatic carbocycles. The number of nitrogens with two attached hydrogens (primary N) is 1.